The van der Waals surface area contributed by atoms with Crippen molar-refractivity contribution in [2.24, 2.45) is 0 Å². The maximum absolute atomic E-state index is 10.8. The molecule has 1 aromatic rings. The zero-order valence-corrected chi connectivity index (χ0v) is 9.34. The van der Waals surface area contributed by atoms with Crippen molar-refractivity contribution in [2.75, 3.05) is 19.5 Å². The minimum absolute atomic E-state index is 0.0172. The van der Waals surface area contributed by atoms with Crippen molar-refractivity contribution < 1.29 is 19.9 Å². The Hall–Kier alpha value is -2.02. The second-order valence-corrected chi connectivity index (χ2v) is 3.42. The number of aliphatic hydroxyl groups excluding tert-OH is 1. The quantitative estimate of drug-likeness (QED) is 0.399. The lowest BCUT2D eigenvalue weighted by Crippen LogP contribution is -2.04. The van der Waals surface area contributed by atoms with Crippen LogP contribution in [0.15, 0.2) is 6.07 Å². The molecule has 7 nitrogen and oxygen atoms in total. The van der Waals surface area contributed by atoms with Crippen molar-refractivity contribution in [3.63, 3.8) is 0 Å². The lowest BCUT2D eigenvalue weighted by molar-refractivity contribution is -0.385. The third kappa shape index (κ3) is 2.56. The lowest BCUT2D eigenvalue weighted by atomic mass is 10.0. The molecule has 94 valence electrons. The maximum Gasteiger partial charge on any atom is 0.278 e. The fraction of sp³-hybridized carbons (Fsp3) is 0.400. The average Bonchev–Trinajstić information content (AvgIpc) is 2.27. The van der Waals surface area contributed by atoms with Crippen LogP contribution in [0.2, 0.25) is 0 Å². The van der Waals surface area contributed by atoms with Crippen LogP contribution in [0.5, 0.6) is 11.5 Å². The number of anilines is 1. The molecule has 0 atom stereocenters. The van der Waals surface area contributed by atoms with Gasteiger partial charge >= 0.3 is 0 Å². The predicted molar refractivity (Wildman–Crippen MR) is 61.1 cm³/mol. The normalized spacial score (nSPS) is 10.2. The van der Waals surface area contributed by atoms with Crippen LogP contribution in [0, 0.1) is 10.1 Å². The second kappa shape index (κ2) is 5.35. The lowest BCUT2D eigenvalue weighted by Gasteiger charge is -2.11. The molecular formula is C10H14N2O5. The zero-order chi connectivity index (χ0) is 13.0. The number of nitrogens with zero attached hydrogens (tertiary/aromatic N) is 1. The van der Waals surface area contributed by atoms with Crippen LogP contribution in [-0.2, 0) is 6.42 Å². The van der Waals surface area contributed by atoms with E-state index in [1.165, 1.54) is 7.11 Å². The van der Waals surface area contributed by atoms with Crippen LogP contribution in [0.25, 0.3) is 0 Å². The van der Waals surface area contributed by atoms with Gasteiger partial charge in [0, 0.05) is 6.61 Å². The standard InChI is InChI=1S/C10H14N2O5/c1-17-10-8(14)5-7(12(15)16)6(9(10)11)3-2-4-13/h5,13-14H,2-4,11H2,1H3. The number of phenols is 1. The minimum Gasteiger partial charge on any atom is -0.504 e. The Labute approximate surface area is 97.6 Å². The summed E-state index contributed by atoms with van der Waals surface area (Å²) < 4.78 is 4.87. The highest BCUT2D eigenvalue weighted by Crippen LogP contribution is 2.41. The number of hydrogen-bond donors (Lipinski definition) is 3. The van der Waals surface area contributed by atoms with E-state index in [2.05, 4.69) is 0 Å². The summed E-state index contributed by atoms with van der Waals surface area (Å²) in [7, 11) is 1.31. The molecule has 0 aliphatic rings. The molecule has 0 aliphatic heterocycles. The summed E-state index contributed by atoms with van der Waals surface area (Å²) in [6.07, 6.45) is 0.592. The van der Waals surface area contributed by atoms with E-state index in [-0.39, 0.29) is 41.5 Å². The molecule has 4 N–H and O–H groups in total. The van der Waals surface area contributed by atoms with Gasteiger partial charge in [0.15, 0.2) is 11.5 Å². The summed E-state index contributed by atoms with van der Waals surface area (Å²) in [6, 6.07) is 1.00. The van der Waals surface area contributed by atoms with Crippen LogP contribution in [0.4, 0.5) is 11.4 Å². The van der Waals surface area contributed by atoms with Gasteiger partial charge in [-0.25, -0.2) is 0 Å². The Morgan fingerprint density at radius 1 is 1.59 bits per heavy atom. The molecule has 0 bridgehead atoms. The number of benzene rings is 1. The Bertz CT molecular complexity index is 433. The Balaban J connectivity index is 3.34. The number of nitro benzene ring substituents is 1. The number of nitrogen functional groups attached to an aromatic ring is 1. The number of nitro groups is 1. The van der Waals surface area contributed by atoms with Crippen molar-refractivity contribution >= 4 is 11.4 Å². The molecule has 0 spiro atoms. The Kier molecular flexibility index (Phi) is 4.11. The van der Waals surface area contributed by atoms with Crippen LogP contribution < -0.4 is 10.5 Å². The summed E-state index contributed by atoms with van der Waals surface area (Å²) in [5, 5.41) is 29.1. The fourth-order valence-electron chi connectivity index (χ4n) is 1.59. The van der Waals surface area contributed by atoms with Crippen molar-refractivity contribution in [3.8, 4) is 11.5 Å². The summed E-state index contributed by atoms with van der Waals surface area (Å²) in [4.78, 5) is 10.2. The monoisotopic (exact) mass is 242 g/mol. The summed E-state index contributed by atoms with van der Waals surface area (Å²) in [5.41, 5.74) is 5.73. The molecule has 0 saturated carbocycles. The largest absolute Gasteiger partial charge is 0.504 e. The number of aliphatic hydroxyl groups is 1. The summed E-state index contributed by atoms with van der Waals surface area (Å²) >= 11 is 0. The number of rotatable bonds is 5. The first-order chi connectivity index (χ1) is 8.02. The molecular weight excluding hydrogens is 228 g/mol. The van der Waals surface area contributed by atoms with Gasteiger partial charge < -0.3 is 20.7 Å². The van der Waals surface area contributed by atoms with Crippen molar-refractivity contribution in [1.29, 1.82) is 0 Å². The van der Waals surface area contributed by atoms with Gasteiger partial charge in [0.1, 0.15) is 0 Å². The highest BCUT2D eigenvalue weighted by Gasteiger charge is 2.23. The van der Waals surface area contributed by atoms with Crippen molar-refractivity contribution in [2.45, 2.75) is 12.8 Å². The first-order valence-electron chi connectivity index (χ1n) is 4.96. The van der Waals surface area contributed by atoms with Crippen molar-refractivity contribution in [3.05, 3.63) is 21.7 Å². The smallest absolute Gasteiger partial charge is 0.278 e. The third-order valence-electron chi connectivity index (χ3n) is 2.37. The SMILES string of the molecule is COc1c(O)cc([N+](=O)[O-])c(CCCO)c1N. The maximum atomic E-state index is 10.8. The number of nitrogens with two attached hydrogens (primary N) is 1. The van der Waals surface area contributed by atoms with Gasteiger partial charge in [-0.15, -0.1) is 0 Å². The zero-order valence-electron chi connectivity index (χ0n) is 9.34. The van der Waals surface area contributed by atoms with E-state index in [1.807, 2.05) is 0 Å². The Morgan fingerprint density at radius 3 is 2.71 bits per heavy atom. The van der Waals surface area contributed by atoms with Gasteiger partial charge in [0.05, 0.1) is 29.4 Å². The number of ether oxygens (including phenoxy) is 1. The van der Waals surface area contributed by atoms with Crippen molar-refractivity contribution in [1.82, 2.24) is 0 Å². The molecule has 0 aliphatic carbocycles. The minimum atomic E-state index is -0.623. The molecule has 0 aromatic heterocycles. The van der Waals surface area contributed by atoms with Crippen LogP contribution in [0.1, 0.15) is 12.0 Å². The van der Waals surface area contributed by atoms with E-state index < -0.39 is 4.92 Å². The van der Waals surface area contributed by atoms with Gasteiger partial charge in [-0.2, -0.15) is 0 Å². The number of phenolic OH excluding ortho intramolecular Hbond substituents is 1. The van der Waals surface area contributed by atoms with E-state index in [0.717, 1.165) is 6.07 Å². The first-order valence-corrected chi connectivity index (χ1v) is 4.96. The summed E-state index contributed by atoms with van der Waals surface area (Å²) in [6.45, 7) is -0.0974. The molecule has 0 unspecified atom stereocenters. The van der Waals surface area contributed by atoms with Gasteiger partial charge in [-0.3, -0.25) is 10.1 Å². The van der Waals surface area contributed by atoms with Gasteiger partial charge in [0.2, 0.25) is 0 Å². The van der Waals surface area contributed by atoms with E-state index in [0.29, 0.717) is 6.42 Å². The highest BCUT2D eigenvalue weighted by molar-refractivity contribution is 5.71. The predicted octanol–water partition coefficient (Wildman–Crippen LogP) is 0.816. The third-order valence-corrected chi connectivity index (χ3v) is 2.37. The number of aromatic hydroxyl groups is 1. The number of hydrogen-bond acceptors (Lipinski definition) is 6. The molecule has 0 fully saturated rings. The van der Waals surface area contributed by atoms with Gasteiger partial charge in [-0.05, 0) is 12.8 Å². The molecule has 17 heavy (non-hydrogen) atoms. The molecule has 1 rings (SSSR count). The average molecular weight is 242 g/mol. The molecule has 0 saturated heterocycles. The molecule has 0 amide bonds. The molecule has 1 aromatic carbocycles. The van der Waals surface area contributed by atoms with Gasteiger partial charge in [0.25, 0.3) is 5.69 Å². The molecule has 0 radical (unpaired) electrons. The number of methoxy groups -OCH3 is 1. The Morgan fingerprint density at radius 2 is 2.24 bits per heavy atom. The summed E-state index contributed by atoms with van der Waals surface area (Å²) in [5.74, 6) is -0.354. The van der Waals surface area contributed by atoms with E-state index in [1.54, 1.807) is 0 Å². The topological polar surface area (TPSA) is 119 Å². The van der Waals surface area contributed by atoms with Crippen LogP contribution in [0.3, 0.4) is 0 Å². The fourth-order valence-corrected chi connectivity index (χ4v) is 1.59. The second-order valence-electron chi connectivity index (χ2n) is 3.42. The van der Waals surface area contributed by atoms with E-state index in [9.17, 15) is 15.2 Å². The molecule has 7 heteroatoms. The van der Waals surface area contributed by atoms with Crippen LogP contribution in [-0.4, -0.2) is 28.9 Å². The van der Waals surface area contributed by atoms with E-state index in [4.69, 9.17) is 15.6 Å². The van der Waals surface area contributed by atoms with Gasteiger partial charge in [-0.1, -0.05) is 0 Å². The highest BCUT2D eigenvalue weighted by atomic mass is 16.6. The van der Waals surface area contributed by atoms with Crippen LogP contribution >= 0.6 is 0 Å². The van der Waals surface area contributed by atoms with E-state index >= 15 is 0 Å². The first kappa shape index (κ1) is 13.0. The molecule has 0 heterocycles.